The van der Waals surface area contributed by atoms with Crippen molar-refractivity contribution < 1.29 is 9.18 Å². The Hall–Kier alpha value is -2.92. The first-order chi connectivity index (χ1) is 12.1. The largest absolute Gasteiger partial charge is 0.354 e. The molecule has 0 saturated heterocycles. The van der Waals surface area contributed by atoms with Crippen molar-refractivity contribution in [2.24, 2.45) is 0 Å². The number of carbonyl (C=O) groups is 1. The second-order valence-electron chi connectivity index (χ2n) is 5.38. The summed E-state index contributed by atoms with van der Waals surface area (Å²) in [5, 5.41) is 6.45. The lowest BCUT2D eigenvalue weighted by Crippen LogP contribution is -2.16. The first-order valence-corrected chi connectivity index (χ1v) is 8.00. The number of hydrogen-bond acceptors (Lipinski definition) is 3. The molecule has 0 aliphatic heterocycles. The van der Waals surface area contributed by atoms with Crippen LogP contribution in [0, 0.1) is 5.82 Å². The van der Waals surface area contributed by atoms with Gasteiger partial charge in [0.15, 0.2) is 0 Å². The normalized spacial score (nSPS) is 10.3. The van der Waals surface area contributed by atoms with E-state index in [1.165, 1.54) is 6.07 Å². The topological polar surface area (TPSA) is 54.0 Å². The van der Waals surface area contributed by atoms with Crippen molar-refractivity contribution in [2.75, 3.05) is 10.6 Å². The molecule has 2 N–H and O–H groups in total. The molecule has 0 unspecified atom stereocenters. The molecule has 3 aromatic rings. The Labute approximate surface area is 149 Å². The number of benzene rings is 2. The van der Waals surface area contributed by atoms with E-state index >= 15 is 0 Å². The minimum Gasteiger partial charge on any atom is -0.354 e. The SMILES string of the molecule is O=C(Cc1ccccc1F)Nc1ccc(Nc2cccc(Cl)c2)cn1. The van der Waals surface area contributed by atoms with Gasteiger partial charge in [-0.3, -0.25) is 4.79 Å². The summed E-state index contributed by atoms with van der Waals surface area (Å²) in [6.07, 6.45) is 1.55. The minimum atomic E-state index is -0.397. The van der Waals surface area contributed by atoms with Crippen molar-refractivity contribution in [3.05, 3.63) is 83.3 Å². The second kappa shape index (κ2) is 7.77. The van der Waals surface area contributed by atoms with Gasteiger partial charge in [0.1, 0.15) is 11.6 Å². The molecule has 0 spiro atoms. The lowest BCUT2D eigenvalue weighted by atomic mass is 10.1. The fourth-order valence-electron chi connectivity index (χ4n) is 2.28. The Bertz CT molecular complexity index is 884. The fourth-order valence-corrected chi connectivity index (χ4v) is 2.47. The Morgan fingerprint density at radius 3 is 2.60 bits per heavy atom. The third-order valence-corrected chi connectivity index (χ3v) is 3.69. The first kappa shape index (κ1) is 16.9. The average Bonchev–Trinajstić information content (AvgIpc) is 2.59. The van der Waals surface area contributed by atoms with Crippen LogP contribution in [-0.4, -0.2) is 10.9 Å². The molecule has 0 radical (unpaired) electrons. The molecule has 0 bridgehead atoms. The Balaban J connectivity index is 1.60. The van der Waals surface area contributed by atoms with E-state index in [0.717, 1.165) is 11.4 Å². The zero-order chi connectivity index (χ0) is 17.6. The molecule has 2 aromatic carbocycles. The van der Waals surface area contributed by atoms with Gasteiger partial charge in [0.25, 0.3) is 0 Å². The molecule has 0 aliphatic carbocycles. The molecule has 1 aromatic heterocycles. The number of amides is 1. The molecule has 3 rings (SSSR count). The van der Waals surface area contributed by atoms with Crippen LogP contribution in [0.2, 0.25) is 5.02 Å². The number of anilines is 3. The van der Waals surface area contributed by atoms with E-state index in [2.05, 4.69) is 15.6 Å². The number of rotatable bonds is 5. The highest BCUT2D eigenvalue weighted by Crippen LogP contribution is 2.20. The third-order valence-electron chi connectivity index (χ3n) is 3.45. The molecular formula is C19H15ClFN3O. The van der Waals surface area contributed by atoms with Crippen LogP contribution >= 0.6 is 11.6 Å². The summed E-state index contributed by atoms with van der Waals surface area (Å²) in [6, 6.07) is 17.0. The minimum absolute atomic E-state index is 0.0448. The van der Waals surface area contributed by atoms with Crippen LogP contribution in [0.4, 0.5) is 21.6 Å². The van der Waals surface area contributed by atoms with Crippen LogP contribution in [0.1, 0.15) is 5.56 Å². The van der Waals surface area contributed by atoms with E-state index in [0.29, 0.717) is 16.4 Å². The summed E-state index contributed by atoms with van der Waals surface area (Å²) >= 11 is 5.94. The van der Waals surface area contributed by atoms with Crippen molar-refractivity contribution in [3.63, 3.8) is 0 Å². The van der Waals surface area contributed by atoms with Crippen LogP contribution in [0.15, 0.2) is 66.9 Å². The van der Waals surface area contributed by atoms with E-state index in [1.807, 2.05) is 12.1 Å². The van der Waals surface area contributed by atoms with Gasteiger partial charge in [-0.25, -0.2) is 9.37 Å². The predicted molar refractivity (Wildman–Crippen MR) is 97.7 cm³/mol. The highest BCUT2D eigenvalue weighted by atomic mass is 35.5. The molecular weight excluding hydrogens is 341 g/mol. The molecule has 126 valence electrons. The van der Waals surface area contributed by atoms with Gasteiger partial charge < -0.3 is 10.6 Å². The van der Waals surface area contributed by atoms with E-state index in [9.17, 15) is 9.18 Å². The van der Waals surface area contributed by atoms with Crippen LogP contribution < -0.4 is 10.6 Å². The maximum absolute atomic E-state index is 13.6. The van der Waals surface area contributed by atoms with Gasteiger partial charge >= 0.3 is 0 Å². The van der Waals surface area contributed by atoms with Gasteiger partial charge in [0, 0.05) is 10.7 Å². The number of nitrogens with one attached hydrogen (secondary N) is 2. The number of carbonyl (C=O) groups excluding carboxylic acids is 1. The Morgan fingerprint density at radius 2 is 1.88 bits per heavy atom. The lowest BCUT2D eigenvalue weighted by molar-refractivity contribution is -0.115. The molecule has 0 aliphatic rings. The predicted octanol–water partition coefficient (Wildman–Crippen LogP) is 4.80. The lowest BCUT2D eigenvalue weighted by Gasteiger charge is -2.08. The maximum Gasteiger partial charge on any atom is 0.230 e. The molecule has 1 heterocycles. The number of pyridine rings is 1. The van der Waals surface area contributed by atoms with Crippen LogP contribution in [0.3, 0.4) is 0 Å². The molecule has 25 heavy (non-hydrogen) atoms. The number of halogens is 2. The van der Waals surface area contributed by atoms with Gasteiger partial charge in [-0.2, -0.15) is 0 Å². The zero-order valence-electron chi connectivity index (χ0n) is 13.2. The average molecular weight is 356 g/mol. The zero-order valence-corrected chi connectivity index (χ0v) is 13.9. The van der Waals surface area contributed by atoms with Crippen molar-refractivity contribution in [2.45, 2.75) is 6.42 Å². The molecule has 6 heteroatoms. The number of hydrogen-bond donors (Lipinski definition) is 2. The Morgan fingerprint density at radius 1 is 1.04 bits per heavy atom. The number of aromatic nitrogens is 1. The van der Waals surface area contributed by atoms with Gasteiger partial charge in [-0.1, -0.05) is 35.9 Å². The third kappa shape index (κ3) is 4.78. The molecule has 0 fully saturated rings. The van der Waals surface area contributed by atoms with E-state index in [4.69, 9.17) is 11.6 Å². The van der Waals surface area contributed by atoms with Gasteiger partial charge in [0.2, 0.25) is 5.91 Å². The summed E-state index contributed by atoms with van der Waals surface area (Å²) < 4.78 is 13.6. The van der Waals surface area contributed by atoms with Crippen LogP contribution in [0.25, 0.3) is 0 Å². The van der Waals surface area contributed by atoms with Gasteiger partial charge in [-0.15, -0.1) is 0 Å². The van der Waals surface area contributed by atoms with Crippen LogP contribution in [0.5, 0.6) is 0 Å². The molecule has 0 saturated carbocycles. The highest BCUT2D eigenvalue weighted by Gasteiger charge is 2.08. The highest BCUT2D eigenvalue weighted by molar-refractivity contribution is 6.30. The summed E-state index contributed by atoms with van der Waals surface area (Å²) in [5.74, 6) is -0.321. The fraction of sp³-hybridized carbons (Fsp3) is 0.0526. The van der Waals surface area contributed by atoms with Crippen molar-refractivity contribution in [1.29, 1.82) is 0 Å². The Kier molecular flexibility index (Phi) is 5.26. The molecule has 1 amide bonds. The summed E-state index contributed by atoms with van der Waals surface area (Å²) in [5.41, 5.74) is 1.94. The smallest absolute Gasteiger partial charge is 0.230 e. The first-order valence-electron chi connectivity index (χ1n) is 7.62. The van der Waals surface area contributed by atoms with Crippen molar-refractivity contribution >= 4 is 34.7 Å². The summed E-state index contributed by atoms with van der Waals surface area (Å²) in [4.78, 5) is 16.2. The summed E-state index contributed by atoms with van der Waals surface area (Å²) in [7, 11) is 0. The number of nitrogens with zero attached hydrogens (tertiary/aromatic N) is 1. The van der Waals surface area contributed by atoms with E-state index in [1.54, 1.807) is 48.7 Å². The molecule has 4 nitrogen and oxygen atoms in total. The van der Waals surface area contributed by atoms with Crippen molar-refractivity contribution in [1.82, 2.24) is 4.98 Å². The molecule has 0 atom stereocenters. The second-order valence-corrected chi connectivity index (χ2v) is 5.82. The van der Waals surface area contributed by atoms with E-state index in [-0.39, 0.29) is 12.3 Å². The monoisotopic (exact) mass is 355 g/mol. The van der Waals surface area contributed by atoms with Crippen molar-refractivity contribution in [3.8, 4) is 0 Å². The standard InChI is InChI=1S/C19H15ClFN3O/c20-14-5-3-6-15(11-14)23-16-8-9-18(22-12-16)24-19(25)10-13-4-1-2-7-17(13)21/h1-9,11-12,23H,10H2,(H,22,24,25). The quantitative estimate of drug-likeness (QED) is 0.691. The van der Waals surface area contributed by atoms with Crippen LogP contribution in [-0.2, 0) is 11.2 Å². The summed E-state index contributed by atoms with van der Waals surface area (Å²) in [6.45, 7) is 0. The van der Waals surface area contributed by atoms with Gasteiger partial charge in [-0.05, 0) is 42.0 Å². The van der Waals surface area contributed by atoms with Gasteiger partial charge in [0.05, 0.1) is 18.3 Å². The maximum atomic E-state index is 13.6. The van der Waals surface area contributed by atoms with E-state index < -0.39 is 5.82 Å².